The molecule has 114 valence electrons. The van der Waals surface area contributed by atoms with Crippen LogP contribution in [0.1, 0.15) is 25.5 Å². The molecule has 0 aromatic carbocycles. The smallest absolute Gasteiger partial charge is 0.305 e. The summed E-state index contributed by atoms with van der Waals surface area (Å²) in [4.78, 5) is 15.7. The van der Waals surface area contributed by atoms with Crippen LogP contribution in [-0.4, -0.2) is 44.5 Å². The monoisotopic (exact) mass is 319 g/mol. The molecule has 0 unspecified atom stereocenters. The molecule has 1 saturated heterocycles. The van der Waals surface area contributed by atoms with E-state index in [1.807, 2.05) is 0 Å². The van der Waals surface area contributed by atoms with Crippen molar-refractivity contribution < 1.29 is 8.42 Å². The van der Waals surface area contributed by atoms with Crippen molar-refractivity contribution in [3.8, 4) is 0 Å². The van der Waals surface area contributed by atoms with E-state index in [0.717, 1.165) is 43.8 Å². The number of aryl methyl sites for hydroxylation is 1. The van der Waals surface area contributed by atoms with Crippen LogP contribution >= 0.6 is 11.3 Å². The van der Waals surface area contributed by atoms with E-state index in [1.165, 1.54) is 0 Å². The number of hydrogen-bond acceptors (Lipinski definition) is 5. The van der Waals surface area contributed by atoms with Gasteiger partial charge in [0.1, 0.15) is 0 Å². The van der Waals surface area contributed by atoms with Crippen LogP contribution in [0.15, 0.2) is 9.00 Å². The third-order valence-corrected chi connectivity index (χ3v) is 6.77. The summed E-state index contributed by atoms with van der Waals surface area (Å²) < 4.78 is 27.1. The van der Waals surface area contributed by atoms with Gasteiger partial charge in [-0.15, -0.1) is 0 Å². The van der Waals surface area contributed by atoms with Crippen LogP contribution in [0.5, 0.6) is 0 Å². The van der Waals surface area contributed by atoms with Crippen molar-refractivity contribution in [1.29, 1.82) is 0 Å². The van der Waals surface area contributed by atoms with Crippen molar-refractivity contribution in [2.75, 3.05) is 26.2 Å². The van der Waals surface area contributed by atoms with Gasteiger partial charge in [-0.3, -0.25) is 4.79 Å². The van der Waals surface area contributed by atoms with Gasteiger partial charge in [-0.25, -0.2) is 13.1 Å². The molecule has 8 heteroatoms. The zero-order valence-corrected chi connectivity index (χ0v) is 13.4. The molecule has 0 bridgehead atoms. The SMILES string of the molecule is CCN1CCC(CNS(=O)(=O)c2sc(=O)[nH]c2C)CC1. The second-order valence-corrected chi connectivity index (χ2v) is 8.10. The maximum atomic E-state index is 12.2. The van der Waals surface area contributed by atoms with Crippen molar-refractivity contribution in [3.63, 3.8) is 0 Å². The number of thiazole rings is 1. The number of piperidine rings is 1. The number of hydrogen-bond donors (Lipinski definition) is 2. The van der Waals surface area contributed by atoms with Crippen LogP contribution in [0.25, 0.3) is 0 Å². The Balaban J connectivity index is 1.94. The summed E-state index contributed by atoms with van der Waals surface area (Å²) in [6.45, 7) is 7.30. The lowest BCUT2D eigenvalue weighted by molar-refractivity contribution is 0.194. The summed E-state index contributed by atoms with van der Waals surface area (Å²) in [5, 5.41) is 0. The Morgan fingerprint density at radius 2 is 2.05 bits per heavy atom. The quantitative estimate of drug-likeness (QED) is 0.839. The number of sulfonamides is 1. The molecule has 1 aliphatic heterocycles. The number of likely N-dealkylation sites (tertiary alicyclic amines) is 1. The summed E-state index contributed by atoms with van der Waals surface area (Å²) >= 11 is 0.742. The van der Waals surface area contributed by atoms with Gasteiger partial charge in [-0.2, -0.15) is 0 Å². The molecule has 1 aliphatic rings. The van der Waals surface area contributed by atoms with Crippen molar-refractivity contribution >= 4 is 21.4 Å². The summed E-state index contributed by atoms with van der Waals surface area (Å²) in [7, 11) is -3.56. The van der Waals surface area contributed by atoms with Gasteiger partial charge >= 0.3 is 4.87 Å². The molecular formula is C12H21N3O3S2. The lowest BCUT2D eigenvalue weighted by Crippen LogP contribution is -2.38. The number of H-pyrrole nitrogens is 1. The first-order chi connectivity index (χ1) is 9.42. The van der Waals surface area contributed by atoms with Crippen molar-refractivity contribution in [2.24, 2.45) is 5.92 Å². The third kappa shape index (κ3) is 3.69. The standard InChI is InChI=1S/C12H21N3O3S2/c1-3-15-6-4-10(5-7-15)8-13-20(17,18)11-9(2)14-12(16)19-11/h10,13H,3-8H2,1-2H3,(H,14,16). The van der Waals surface area contributed by atoms with Crippen LogP contribution in [-0.2, 0) is 10.0 Å². The van der Waals surface area contributed by atoms with Crippen molar-refractivity contribution in [2.45, 2.75) is 30.9 Å². The Morgan fingerprint density at radius 3 is 2.55 bits per heavy atom. The fourth-order valence-electron chi connectivity index (χ4n) is 2.45. The molecule has 0 aliphatic carbocycles. The highest BCUT2D eigenvalue weighted by molar-refractivity contribution is 7.91. The zero-order chi connectivity index (χ0) is 14.8. The lowest BCUT2D eigenvalue weighted by atomic mass is 9.97. The Bertz CT molecular complexity index is 598. The summed E-state index contributed by atoms with van der Waals surface area (Å²) in [5.74, 6) is 0.378. The molecule has 1 aromatic rings. The minimum Gasteiger partial charge on any atom is -0.315 e. The highest BCUT2D eigenvalue weighted by atomic mass is 32.2. The van der Waals surface area contributed by atoms with Crippen molar-refractivity contribution in [1.82, 2.24) is 14.6 Å². The van der Waals surface area contributed by atoms with E-state index in [1.54, 1.807) is 6.92 Å². The van der Waals surface area contributed by atoms with Crippen LogP contribution in [0.2, 0.25) is 0 Å². The van der Waals surface area contributed by atoms with Gasteiger partial charge in [0, 0.05) is 12.2 Å². The maximum absolute atomic E-state index is 12.2. The Hall–Kier alpha value is -0.700. The third-order valence-electron chi connectivity index (χ3n) is 3.74. The molecule has 6 nitrogen and oxygen atoms in total. The van der Waals surface area contributed by atoms with E-state index >= 15 is 0 Å². The predicted molar refractivity (Wildman–Crippen MR) is 79.7 cm³/mol. The maximum Gasteiger partial charge on any atom is 0.305 e. The molecular weight excluding hydrogens is 298 g/mol. The van der Waals surface area contributed by atoms with Crippen molar-refractivity contribution in [3.05, 3.63) is 15.4 Å². The number of rotatable bonds is 5. The molecule has 2 heterocycles. The molecule has 0 atom stereocenters. The fourth-order valence-corrected chi connectivity index (χ4v) is 4.91. The molecule has 1 fully saturated rings. The summed E-state index contributed by atoms with van der Waals surface area (Å²) in [5.41, 5.74) is 0.410. The predicted octanol–water partition coefficient (Wildman–Crippen LogP) is 0.755. The molecule has 0 saturated carbocycles. The largest absolute Gasteiger partial charge is 0.315 e. The Morgan fingerprint density at radius 1 is 1.40 bits per heavy atom. The lowest BCUT2D eigenvalue weighted by Gasteiger charge is -2.30. The first-order valence-electron chi connectivity index (χ1n) is 6.84. The normalized spacial score (nSPS) is 18.5. The summed E-state index contributed by atoms with van der Waals surface area (Å²) in [6, 6.07) is 0. The first kappa shape index (κ1) is 15.7. The Kier molecular flexibility index (Phi) is 5.00. The average molecular weight is 319 g/mol. The van der Waals surface area contributed by atoms with Gasteiger partial charge in [0.25, 0.3) is 10.0 Å². The van der Waals surface area contributed by atoms with Crippen LogP contribution in [0.3, 0.4) is 0 Å². The molecule has 2 rings (SSSR count). The second-order valence-electron chi connectivity index (χ2n) is 5.16. The van der Waals surface area contributed by atoms with Gasteiger partial charge in [0.05, 0.1) is 0 Å². The zero-order valence-electron chi connectivity index (χ0n) is 11.8. The number of aromatic amines is 1. The molecule has 0 radical (unpaired) electrons. The van der Waals surface area contributed by atoms with E-state index in [2.05, 4.69) is 21.5 Å². The summed E-state index contributed by atoms with van der Waals surface area (Å²) in [6.07, 6.45) is 2.03. The van der Waals surface area contributed by atoms with Gasteiger partial charge in [-0.1, -0.05) is 18.3 Å². The van der Waals surface area contributed by atoms with Gasteiger partial charge in [0.2, 0.25) is 0 Å². The van der Waals surface area contributed by atoms with Gasteiger partial charge in [0.15, 0.2) is 4.21 Å². The van der Waals surface area contributed by atoms with E-state index in [9.17, 15) is 13.2 Å². The molecule has 20 heavy (non-hydrogen) atoms. The average Bonchev–Trinajstić information content (AvgIpc) is 2.77. The van der Waals surface area contributed by atoms with E-state index in [0.29, 0.717) is 18.2 Å². The molecule has 0 spiro atoms. The number of nitrogens with zero attached hydrogens (tertiary/aromatic N) is 1. The van der Waals surface area contributed by atoms with Crippen LogP contribution in [0, 0.1) is 12.8 Å². The fraction of sp³-hybridized carbons (Fsp3) is 0.750. The van der Waals surface area contributed by atoms with Crippen LogP contribution < -0.4 is 9.60 Å². The van der Waals surface area contributed by atoms with Crippen LogP contribution in [0.4, 0.5) is 0 Å². The molecule has 0 amide bonds. The molecule has 1 aromatic heterocycles. The molecule has 2 N–H and O–H groups in total. The minimum atomic E-state index is -3.56. The topological polar surface area (TPSA) is 82.3 Å². The van der Waals surface area contributed by atoms with E-state index in [4.69, 9.17) is 0 Å². The van der Waals surface area contributed by atoms with Gasteiger partial charge in [-0.05, 0) is 45.3 Å². The van der Waals surface area contributed by atoms with E-state index < -0.39 is 10.0 Å². The van der Waals surface area contributed by atoms with Gasteiger partial charge < -0.3 is 9.88 Å². The first-order valence-corrected chi connectivity index (χ1v) is 9.14. The highest BCUT2D eigenvalue weighted by Crippen LogP contribution is 2.19. The number of aromatic nitrogens is 1. The highest BCUT2D eigenvalue weighted by Gasteiger charge is 2.23. The second kappa shape index (κ2) is 6.38. The Labute approximate surface area is 123 Å². The minimum absolute atomic E-state index is 0.105. The number of nitrogens with one attached hydrogen (secondary N) is 2. The van der Waals surface area contributed by atoms with E-state index in [-0.39, 0.29) is 9.08 Å².